The Morgan fingerprint density at radius 3 is 2.75 bits per heavy atom. The summed E-state index contributed by atoms with van der Waals surface area (Å²) < 4.78 is 4.64. The summed E-state index contributed by atoms with van der Waals surface area (Å²) in [5.74, 6) is -1.18. The molecule has 1 saturated heterocycles. The van der Waals surface area contributed by atoms with E-state index in [1.807, 2.05) is 0 Å². The lowest BCUT2D eigenvalue weighted by Gasteiger charge is -2.16. The molecule has 16 heavy (non-hydrogen) atoms. The average molecular weight is 249 g/mol. The molecule has 1 aliphatic rings. The number of Topliss-reactive ketones (excluding diaryl/α,β-unsaturated/α-hetero) is 1. The monoisotopic (exact) mass is 248 g/mol. The maximum absolute atomic E-state index is 11.3. The molecule has 0 spiro atoms. The molecule has 2 atom stereocenters. The molecule has 0 aromatic carbocycles. The van der Waals surface area contributed by atoms with Crippen molar-refractivity contribution >= 4 is 29.4 Å². The number of nitrogens with one attached hydrogen (secondary N) is 1. The SMILES string of the molecule is NC(=O)OC(C[C@@H]1CCNC1=O)C(=O)CCl. The first-order chi connectivity index (χ1) is 7.54. The van der Waals surface area contributed by atoms with Crippen molar-refractivity contribution in [3.8, 4) is 0 Å². The van der Waals surface area contributed by atoms with Crippen LogP contribution in [-0.2, 0) is 14.3 Å². The first-order valence-corrected chi connectivity index (χ1v) is 5.40. The third-order valence-electron chi connectivity index (χ3n) is 2.41. The Kier molecular flexibility index (Phi) is 4.54. The predicted octanol–water partition coefficient (Wildman–Crippen LogP) is -0.216. The second-order valence-corrected chi connectivity index (χ2v) is 3.81. The average Bonchev–Trinajstić information content (AvgIpc) is 2.61. The van der Waals surface area contributed by atoms with E-state index in [0.29, 0.717) is 13.0 Å². The van der Waals surface area contributed by atoms with Crippen LogP contribution < -0.4 is 11.1 Å². The molecule has 0 radical (unpaired) electrons. The Bertz CT molecular complexity index is 308. The van der Waals surface area contributed by atoms with Gasteiger partial charge in [-0.1, -0.05) is 0 Å². The maximum atomic E-state index is 11.3. The zero-order chi connectivity index (χ0) is 12.1. The molecule has 2 amide bonds. The minimum absolute atomic E-state index is 0.138. The second kappa shape index (κ2) is 5.69. The number of ether oxygens (including phenoxy) is 1. The Balaban J connectivity index is 2.58. The van der Waals surface area contributed by atoms with Crippen LogP contribution in [0, 0.1) is 5.92 Å². The molecular formula is C9H13ClN2O4. The number of carbonyl (C=O) groups is 3. The standard InChI is InChI=1S/C9H13ClN2O4/c10-4-6(13)7(16-9(11)15)3-5-1-2-12-8(5)14/h5,7H,1-4H2,(H2,11,15)(H,12,14)/t5-,7?/m0/s1. The minimum atomic E-state index is -1.04. The molecule has 1 unspecified atom stereocenters. The molecule has 1 rings (SSSR count). The quantitative estimate of drug-likeness (QED) is 0.658. The highest BCUT2D eigenvalue weighted by molar-refractivity contribution is 6.28. The number of hydrogen-bond donors (Lipinski definition) is 2. The highest BCUT2D eigenvalue weighted by atomic mass is 35.5. The van der Waals surface area contributed by atoms with Crippen molar-refractivity contribution < 1.29 is 19.1 Å². The van der Waals surface area contributed by atoms with E-state index >= 15 is 0 Å². The highest BCUT2D eigenvalue weighted by Gasteiger charge is 2.31. The van der Waals surface area contributed by atoms with Crippen LogP contribution in [0.4, 0.5) is 4.79 Å². The van der Waals surface area contributed by atoms with E-state index in [1.54, 1.807) is 0 Å². The number of carbonyl (C=O) groups excluding carboxylic acids is 3. The maximum Gasteiger partial charge on any atom is 0.405 e. The Hall–Kier alpha value is -1.30. The van der Waals surface area contributed by atoms with Crippen LogP contribution >= 0.6 is 11.6 Å². The summed E-state index contributed by atoms with van der Waals surface area (Å²) in [5, 5.41) is 2.63. The summed E-state index contributed by atoms with van der Waals surface area (Å²) in [5.41, 5.74) is 4.84. The fourth-order valence-corrected chi connectivity index (χ4v) is 1.77. The van der Waals surface area contributed by atoms with Crippen LogP contribution in [0.15, 0.2) is 0 Å². The molecule has 1 fully saturated rings. The Morgan fingerprint density at radius 1 is 1.62 bits per heavy atom. The zero-order valence-corrected chi connectivity index (χ0v) is 9.33. The lowest BCUT2D eigenvalue weighted by atomic mass is 9.98. The lowest BCUT2D eigenvalue weighted by molar-refractivity contribution is -0.127. The van der Waals surface area contributed by atoms with Crippen molar-refractivity contribution in [2.45, 2.75) is 18.9 Å². The van der Waals surface area contributed by atoms with Gasteiger partial charge in [-0.05, 0) is 6.42 Å². The van der Waals surface area contributed by atoms with Gasteiger partial charge in [0, 0.05) is 18.9 Å². The van der Waals surface area contributed by atoms with Gasteiger partial charge in [0.2, 0.25) is 5.91 Å². The van der Waals surface area contributed by atoms with Crippen LogP contribution in [0.5, 0.6) is 0 Å². The molecule has 1 heterocycles. The van der Waals surface area contributed by atoms with Crippen LogP contribution in [0.2, 0.25) is 0 Å². The molecular weight excluding hydrogens is 236 g/mol. The van der Waals surface area contributed by atoms with Crippen molar-refractivity contribution in [2.24, 2.45) is 11.7 Å². The van der Waals surface area contributed by atoms with Gasteiger partial charge in [-0.3, -0.25) is 9.59 Å². The third-order valence-corrected chi connectivity index (χ3v) is 2.67. The van der Waals surface area contributed by atoms with E-state index in [2.05, 4.69) is 10.1 Å². The van der Waals surface area contributed by atoms with E-state index in [1.165, 1.54) is 0 Å². The van der Waals surface area contributed by atoms with Crippen LogP contribution in [0.1, 0.15) is 12.8 Å². The van der Waals surface area contributed by atoms with Gasteiger partial charge in [-0.25, -0.2) is 4.79 Å². The number of ketones is 1. The van der Waals surface area contributed by atoms with Crippen LogP contribution in [0.25, 0.3) is 0 Å². The zero-order valence-electron chi connectivity index (χ0n) is 8.57. The smallest absolute Gasteiger partial charge is 0.405 e. The van der Waals surface area contributed by atoms with Gasteiger partial charge in [0.25, 0.3) is 0 Å². The molecule has 6 nitrogen and oxygen atoms in total. The molecule has 0 aliphatic carbocycles. The first kappa shape index (κ1) is 12.8. The van der Waals surface area contributed by atoms with E-state index in [4.69, 9.17) is 17.3 Å². The van der Waals surface area contributed by atoms with Gasteiger partial charge in [-0.2, -0.15) is 0 Å². The van der Waals surface area contributed by atoms with Gasteiger partial charge in [-0.15, -0.1) is 11.6 Å². The fraction of sp³-hybridized carbons (Fsp3) is 0.667. The van der Waals surface area contributed by atoms with Gasteiger partial charge in [0.1, 0.15) is 0 Å². The van der Waals surface area contributed by atoms with Gasteiger partial charge in [0.05, 0.1) is 5.88 Å². The summed E-state index contributed by atoms with van der Waals surface area (Å²) in [7, 11) is 0. The van der Waals surface area contributed by atoms with Crippen molar-refractivity contribution in [3.05, 3.63) is 0 Å². The molecule has 0 aromatic heterocycles. The van der Waals surface area contributed by atoms with Crippen molar-refractivity contribution in [1.82, 2.24) is 5.32 Å². The normalized spacial score (nSPS) is 21.3. The number of halogens is 1. The third kappa shape index (κ3) is 3.37. The topological polar surface area (TPSA) is 98.5 Å². The van der Waals surface area contributed by atoms with Crippen molar-refractivity contribution in [2.75, 3.05) is 12.4 Å². The summed E-state index contributed by atoms with van der Waals surface area (Å²) in [4.78, 5) is 33.2. The van der Waals surface area contributed by atoms with Crippen molar-refractivity contribution in [3.63, 3.8) is 0 Å². The summed E-state index contributed by atoms with van der Waals surface area (Å²) in [6.07, 6.45) is -1.31. The Labute approximate surface area is 97.4 Å². The molecule has 0 bridgehead atoms. The van der Waals surface area contributed by atoms with Gasteiger partial charge in [0.15, 0.2) is 11.9 Å². The largest absolute Gasteiger partial charge is 0.438 e. The van der Waals surface area contributed by atoms with E-state index < -0.39 is 18.0 Å². The van der Waals surface area contributed by atoms with Crippen LogP contribution in [0.3, 0.4) is 0 Å². The molecule has 3 N–H and O–H groups in total. The molecule has 0 aromatic rings. The highest BCUT2D eigenvalue weighted by Crippen LogP contribution is 2.18. The number of hydrogen-bond acceptors (Lipinski definition) is 4. The summed E-state index contributed by atoms with van der Waals surface area (Å²) >= 11 is 5.37. The predicted molar refractivity (Wildman–Crippen MR) is 55.9 cm³/mol. The number of amides is 2. The van der Waals surface area contributed by atoms with Crippen LogP contribution in [-0.4, -0.2) is 36.3 Å². The van der Waals surface area contributed by atoms with Gasteiger partial charge < -0.3 is 15.8 Å². The number of primary amides is 1. The van der Waals surface area contributed by atoms with E-state index in [9.17, 15) is 14.4 Å². The first-order valence-electron chi connectivity index (χ1n) is 4.87. The fourth-order valence-electron chi connectivity index (χ4n) is 1.60. The van der Waals surface area contributed by atoms with Gasteiger partial charge >= 0.3 is 6.09 Å². The molecule has 1 aliphatic heterocycles. The summed E-state index contributed by atoms with van der Waals surface area (Å²) in [6.45, 7) is 0.571. The van der Waals surface area contributed by atoms with E-state index in [-0.39, 0.29) is 24.1 Å². The summed E-state index contributed by atoms with van der Waals surface area (Å²) in [6, 6.07) is 0. The molecule has 0 saturated carbocycles. The molecule has 90 valence electrons. The van der Waals surface area contributed by atoms with E-state index in [0.717, 1.165) is 0 Å². The Morgan fingerprint density at radius 2 is 2.31 bits per heavy atom. The second-order valence-electron chi connectivity index (χ2n) is 3.54. The number of nitrogens with two attached hydrogens (primary N) is 1. The molecule has 7 heteroatoms. The minimum Gasteiger partial charge on any atom is -0.438 e. The number of alkyl halides is 1. The number of rotatable bonds is 5. The lowest BCUT2D eigenvalue weighted by Crippen LogP contribution is -2.34. The van der Waals surface area contributed by atoms with Crippen molar-refractivity contribution in [1.29, 1.82) is 0 Å².